The molecule has 11 heavy (non-hydrogen) atoms. The first-order valence-electron chi connectivity index (χ1n) is 4.09. The van der Waals surface area contributed by atoms with E-state index in [1.807, 2.05) is 12.2 Å². The summed E-state index contributed by atoms with van der Waals surface area (Å²) in [7, 11) is 0. The molecule has 1 nitrogen and oxygen atoms in total. The van der Waals surface area contributed by atoms with Gasteiger partial charge in [-0.15, -0.1) is 13.2 Å². The summed E-state index contributed by atoms with van der Waals surface area (Å²) in [6, 6.07) is 0. The average molecular weight is 153 g/mol. The minimum atomic E-state index is 0.185. The van der Waals surface area contributed by atoms with Crippen molar-refractivity contribution in [2.45, 2.75) is 32.2 Å². The molecule has 0 radical (unpaired) electrons. The molecule has 0 aliphatic carbocycles. The lowest BCUT2D eigenvalue weighted by Crippen LogP contribution is -2.39. The number of hydrogen-bond acceptors (Lipinski definition) is 1. The maximum Gasteiger partial charge on any atom is 0.0159 e. The van der Waals surface area contributed by atoms with Crippen molar-refractivity contribution in [3.05, 3.63) is 25.3 Å². The molecule has 0 unspecified atom stereocenters. The van der Waals surface area contributed by atoms with Gasteiger partial charge in [-0.05, 0) is 33.2 Å². The average Bonchev–Trinajstić information content (AvgIpc) is 1.87. The van der Waals surface area contributed by atoms with Crippen molar-refractivity contribution in [2.75, 3.05) is 6.54 Å². The Labute approximate surface area is 70.2 Å². The van der Waals surface area contributed by atoms with Crippen LogP contribution in [0.25, 0.3) is 0 Å². The molecule has 1 N–H and O–H groups in total. The van der Waals surface area contributed by atoms with E-state index in [2.05, 4.69) is 32.3 Å². The first kappa shape index (κ1) is 10.4. The first-order chi connectivity index (χ1) is 5.12. The molecule has 0 aliphatic heterocycles. The van der Waals surface area contributed by atoms with Crippen molar-refractivity contribution in [2.24, 2.45) is 0 Å². The largest absolute Gasteiger partial charge is 0.311 e. The van der Waals surface area contributed by atoms with Gasteiger partial charge in [0.1, 0.15) is 0 Å². The van der Waals surface area contributed by atoms with Crippen LogP contribution in [0, 0.1) is 0 Å². The van der Waals surface area contributed by atoms with E-state index in [0.29, 0.717) is 0 Å². The topological polar surface area (TPSA) is 12.0 Å². The van der Waals surface area contributed by atoms with Crippen LogP contribution in [-0.2, 0) is 0 Å². The zero-order chi connectivity index (χ0) is 8.74. The Morgan fingerprint density at radius 1 is 1.27 bits per heavy atom. The van der Waals surface area contributed by atoms with Crippen LogP contribution >= 0.6 is 0 Å². The zero-order valence-corrected chi connectivity index (χ0v) is 7.69. The minimum absolute atomic E-state index is 0.185. The van der Waals surface area contributed by atoms with E-state index in [0.717, 1.165) is 19.4 Å². The fraction of sp³-hybridized carbons (Fsp3) is 0.600. The number of nitrogens with one attached hydrogen (secondary N) is 1. The quantitative estimate of drug-likeness (QED) is 0.456. The standard InChI is InChI=1S/C10H19N/c1-5-7-9-11-10(3,4)8-6-2/h5-6,11H,1-2,7-9H2,3-4H3. The summed E-state index contributed by atoms with van der Waals surface area (Å²) in [5.74, 6) is 0. The van der Waals surface area contributed by atoms with Gasteiger partial charge in [-0.2, -0.15) is 0 Å². The van der Waals surface area contributed by atoms with Crippen molar-refractivity contribution >= 4 is 0 Å². The SMILES string of the molecule is C=CCCNC(C)(C)CC=C. The highest BCUT2D eigenvalue weighted by Gasteiger charge is 2.12. The first-order valence-corrected chi connectivity index (χ1v) is 4.09. The normalized spacial score (nSPS) is 11.1. The smallest absolute Gasteiger partial charge is 0.0159 e. The second kappa shape index (κ2) is 5.14. The van der Waals surface area contributed by atoms with Gasteiger partial charge in [-0.1, -0.05) is 12.2 Å². The highest BCUT2D eigenvalue weighted by atomic mass is 14.9. The van der Waals surface area contributed by atoms with Gasteiger partial charge >= 0.3 is 0 Å². The van der Waals surface area contributed by atoms with Gasteiger partial charge in [0.15, 0.2) is 0 Å². The summed E-state index contributed by atoms with van der Waals surface area (Å²) >= 11 is 0. The third kappa shape index (κ3) is 5.86. The van der Waals surface area contributed by atoms with Crippen LogP contribution in [0.3, 0.4) is 0 Å². The molecule has 64 valence electrons. The lowest BCUT2D eigenvalue weighted by Gasteiger charge is -2.24. The highest BCUT2D eigenvalue weighted by Crippen LogP contribution is 2.07. The van der Waals surface area contributed by atoms with E-state index in [1.54, 1.807) is 0 Å². The minimum Gasteiger partial charge on any atom is -0.311 e. The Kier molecular flexibility index (Phi) is 4.88. The predicted molar refractivity (Wildman–Crippen MR) is 51.7 cm³/mol. The molecule has 0 amide bonds. The summed E-state index contributed by atoms with van der Waals surface area (Å²) in [5, 5.41) is 3.42. The Bertz CT molecular complexity index is 125. The molecule has 0 saturated carbocycles. The third-order valence-electron chi connectivity index (χ3n) is 1.61. The number of hydrogen-bond donors (Lipinski definition) is 1. The second-order valence-electron chi connectivity index (χ2n) is 3.38. The molecule has 0 aromatic carbocycles. The summed E-state index contributed by atoms with van der Waals surface area (Å²) in [4.78, 5) is 0. The second-order valence-corrected chi connectivity index (χ2v) is 3.38. The fourth-order valence-corrected chi connectivity index (χ4v) is 0.946. The molecule has 0 aromatic heterocycles. The lowest BCUT2D eigenvalue weighted by molar-refractivity contribution is 0.397. The molecular formula is C10H19N. The van der Waals surface area contributed by atoms with E-state index in [-0.39, 0.29) is 5.54 Å². The molecule has 0 fully saturated rings. The van der Waals surface area contributed by atoms with Crippen LogP contribution in [-0.4, -0.2) is 12.1 Å². The summed E-state index contributed by atoms with van der Waals surface area (Å²) < 4.78 is 0. The molecule has 0 heterocycles. The van der Waals surface area contributed by atoms with Gasteiger partial charge in [0.25, 0.3) is 0 Å². The van der Waals surface area contributed by atoms with Crippen LogP contribution in [0.4, 0.5) is 0 Å². The van der Waals surface area contributed by atoms with E-state index < -0.39 is 0 Å². The molecule has 1 heteroatoms. The predicted octanol–water partition coefficient (Wildman–Crippen LogP) is 2.51. The highest BCUT2D eigenvalue weighted by molar-refractivity contribution is 4.86. The lowest BCUT2D eigenvalue weighted by atomic mass is 10.0. The van der Waals surface area contributed by atoms with Gasteiger partial charge in [-0.25, -0.2) is 0 Å². The van der Waals surface area contributed by atoms with Crippen molar-refractivity contribution in [1.29, 1.82) is 0 Å². The molecule has 0 aliphatic rings. The van der Waals surface area contributed by atoms with Crippen LogP contribution < -0.4 is 5.32 Å². The maximum absolute atomic E-state index is 3.71. The fourth-order valence-electron chi connectivity index (χ4n) is 0.946. The van der Waals surface area contributed by atoms with Crippen LogP contribution in [0.15, 0.2) is 25.3 Å². The Hall–Kier alpha value is -0.560. The molecule has 0 saturated heterocycles. The van der Waals surface area contributed by atoms with Crippen LogP contribution in [0.2, 0.25) is 0 Å². The van der Waals surface area contributed by atoms with E-state index in [4.69, 9.17) is 0 Å². The molecule has 0 spiro atoms. The Morgan fingerprint density at radius 2 is 1.91 bits per heavy atom. The van der Waals surface area contributed by atoms with Gasteiger partial charge in [-0.3, -0.25) is 0 Å². The van der Waals surface area contributed by atoms with Crippen molar-refractivity contribution in [3.8, 4) is 0 Å². The van der Waals surface area contributed by atoms with Gasteiger partial charge in [0.2, 0.25) is 0 Å². The van der Waals surface area contributed by atoms with Gasteiger partial charge < -0.3 is 5.32 Å². The van der Waals surface area contributed by atoms with E-state index >= 15 is 0 Å². The van der Waals surface area contributed by atoms with Gasteiger partial charge in [0, 0.05) is 5.54 Å². The van der Waals surface area contributed by atoms with Gasteiger partial charge in [0.05, 0.1) is 0 Å². The van der Waals surface area contributed by atoms with Crippen LogP contribution in [0.5, 0.6) is 0 Å². The van der Waals surface area contributed by atoms with Crippen molar-refractivity contribution in [1.82, 2.24) is 5.32 Å². The van der Waals surface area contributed by atoms with E-state index in [1.165, 1.54) is 0 Å². The van der Waals surface area contributed by atoms with Crippen molar-refractivity contribution < 1.29 is 0 Å². The maximum atomic E-state index is 3.71. The third-order valence-corrected chi connectivity index (χ3v) is 1.61. The Morgan fingerprint density at radius 3 is 2.36 bits per heavy atom. The zero-order valence-electron chi connectivity index (χ0n) is 7.69. The van der Waals surface area contributed by atoms with Crippen molar-refractivity contribution in [3.63, 3.8) is 0 Å². The number of rotatable bonds is 6. The Balaban J connectivity index is 3.53. The molecule has 0 bridgehead atoms. The molecular weight excluding hydrogens is 134 g/mol. The van der Waals surface area contributed by atoms with Crippen LogP contribution in [0.1, 0.15) is 26.7 Å². The molecule has 0 aromatic rings. The van der Waals surface area contributed by atoms with E-state index in [9.17, 15) is 0 Å². The molecule has 0 rings (SSSR count). The summed E-state index contributed by atoms with van der Waals surface area (Å²) in [6.45, 7) is 12.7. The molecule has 0 atom stereocenters. The monoisotopic (exact) mass is 153 g/mol. The summed E-state index contributed by atoms with van der Waals surface area (Å²) in [6.07, 6.45) is 5.91. The summed E-state index contributed by atoms with van der Waals surface area (Å²) in [5.41, 5.74) is 0.185.